The van der Waals surface area contributed by atoms with Crippen molar-refractivity contribution in [3.63, 3.8) is 0 Å². The summed E-state index contributed by atoms with van der Waals surface area (Å²) in [4.78, 5) is 107. The molecule has 0 spiro atoms. The SMILES string of the molecule is COc1ccccc1-n1c(C(=O)Nc2ccccc2-c2c3nc(c(-c4ccccc4NC(=O)c4cncn4C)c4ccc([nH]4)c(-c4ccccc4NC(=O)c4cncn4C)c4nc(c(-c5ccccc5NC(=O)c5cccc(Cn6cncc6-c6ccc(C(F)(F)F)cc6)c5)c5ccc2[nH]5)C=C4)C=C3)cnc1CCCCC(=O)O. The molecule has 114 heavy (non-hydrogen) atoms. The number of benzene rings is 7. The zero-order valence-electron chi connectivity index (χ0n) is 61.4. The number of aromatic amines is 2. The van der Waals surface area contributed by atoms with E-state index in [1.54, 1.807) is 93.9 Å². The van der Waals surface area contributed by atoms with Gasteiger partial charge in [-0.05, 0) is 133 Å². The number of aromatic nitrogens is 12. The number of hydrogen-bond acceptors (Lipinski definition) is 12. The summed E-state index contributed by atoms with van der Waals surface area (Å²) in [5, 5.41) is 22.3. The van der Waals surface area contributed by atoms with Gasteiger partial charge in [0.1, 0.15) is 28.7 Å². The molecule has 0 aliphatic carbocycles. The number of carbonyl (C=O) groups excluding carboxylic acids is 4. The van der Waals surface area contributed by atoms with Crippen molar-refractivity contribution in [3.05, 3.63) is 300 Å². The largest absolute Gasteiger partial charge is 0.495 e. The summed E-state index contributed by atoms with van der Waals surface area (Å²) in [5.74, 6) is -1.76. The van der Waals surface area contributed by atoms with Crippen molar-refractivity contribution >= 4 is 98.7 Å². The Balaban J connectivity index is 0.899. The normalized spacial score (nSPS) is 11.7. The Kier molecular flexibility index (Phi) is 20.0. The fourth-order valence-corrected chi connectivity index (χ4v) is 14.4. The molecule has 7 aromatic carbocycles. The van der Waals surface area contributed by atoms with Gasteiger partial charge in [-0.3, -0.25) is 28.5 Å². The van der Waals surface area contributed by atoms with Crippen LogP contribution in [-0.2, 0) is 38.0 Å². The van der Waals surface area contributed by atoms with Gasteiger partial charge in [-0.15, -0.1) is 0 Å². The van der Waals surface area contributed by atoms with Crippen LogP contribution in [0.25, 0.3) is 108 Å². The smallest absolute Gasteiger partial charge is 0.416 e. The monoisotopic (exact) mass is 1520 g/mol. The van der Waals surface area contributed by atoms with E-state index in [9.17, 15) is 32.7 Å². The molecule has 7 N–H and O–H groups in total. The van der Waals surface area contributed by atoms with Gasteiger partial charge in [0.15, 0.2) is 0 Å². The average molecular weight is 1520 g/mol. The standard InChI is InChI=1S/C88H69F3N16O7/c1-104-49-92-45-74(104)85(111)101-61-24-9-5-20-57(61)81-66-37-35-64(96-66)80(56-19-4-8-23-60(56)100-84(110)54-18-16-17-52(43-54)48-106-51-94-44-73(106)53-31-33-55(34-32-53)88(89,90)91)65-36-38-70(97-65)83(71-42-41-69(99-71)82(68-40-39-67(81)98-68)58-21-6-10-25-62(58)102-86(112)75-46-93-50-105(75)2)59-22-7-11-26-63(59)103-87(113)76-47-95-78(29-14-15-30-79(108)109)107(76)72-27-12-13-28-77(72)114-3/h4-13,16-28,31-47,49-51,97-98H,14-15,29-30,48H2,1-3H3,(H,100,110)(H,101,111)(H,102,112)(H,103,113)(H,108,109). The number of amides is 4. The van der Waals surface area contributed by atoms with Gasteiger partial charge >= 0.3 is 12.1 Å². The number of alkyl halides is 3. The predicted molar refractivity (Wildman–Crippen MR) is 432 cm³/mol. The van der Waals surface area contributed by atoms with Crippen molar-refractivity contribution in [1.29, 1.82) is 0 Å². The number of aliphatic carboxylic acids is 1. The highest BCUT2D eigenvalue weighted by molar-refractivity contribution is 6.12. The number of carboxylic acids is 1. The minimum Gasteiger partial charge on any atom is -0.495 e. The van der Waals surface area contributed by atoms with Crippen molar-refractivity contribution in [2.45, 2.75) is 38.4 Å². The highest BCUT2D eigenvalue weighted by Gasteiger charge is 2.31. The van der Waals surface area contributed by atoms with Crippen LogP contribution in [0.15, 0.2) is 238 Å². The van der Waals surface area contributed by atoms with Crippen molar-refractivity contribution in [1.82, 2.24) is 58.1 Å². The Bertz CT molecular complexity index is 6390. The highest BCUT2D eigenvalue weighted by atomic mass is 19.4. The van der Waals surface area contributed by atoms with Gasteiger partial charge in [-0.25, -0.2) is 29.9 Å². The Morgan fingerprint density at radius 2 is 0.930 bits per heavy atom. The Labute approximate surface area is 649 Å². The maximum absolute atomic E-state index is 15.4. The number of ether oxygens (including phenoxy) is 1. The lowest BCUT2D eigenvalue weighted by Crippen LogP contribution is -2.18. The van der Waals surface area contributed by atoms with E-state index in [1.165, 1.54) is 37.8 Å². The molecule has 0 atom stereocenters. The van der Waals surface area contributed by atoms with E-state index >= 15 is 9.59 Å². The number of anilines is 4. The number of nitrogens with one attached hydrogen (secondary N) is 6. The first kappa shape index (κ1) is 73.1. The Morgan fingerprint density at radius 3 is 1.39 bits per heavy atom. The second kappa shape index (κ2) is 31.1. The molecule has 2 aliphatic heterocycles. The number of methoxy groups -OCH3 is 1. The third-order valence-electron chi connectivity index (χ3n) is 19.8. The second-order valence-electron chi connectivity index (χ2n) is 27.1. The van der Waals surface area contributed by atoms with Crippen molar-refractivity contribution in [2.24, 2.45) is 14.1 Å². The van der Waals surface area contributed by atoms with E-state index in [4.69, 9.17) is 19.7 Å². The summed E-state index contributed by atoms with van der Waals surface area (Å²) in [6.45, 7) is 0.225. The summed E-state index contributed by atoms with van der Waals surface area (Å²) in [5.41, 5.74) is 12.7. The maximum atomic E-state index is 15.4. The van der Waals surface area contributed by atoms with Gasteiger partial charge in [0.05, 0.1) is 90.6 Å². The lowest BCUT2D eigenvalue weighted by molar-refractivity contribution is -0.138. The summed E-state index contributed by atoms with van der Waals surface area (Å²) in [7, 11) is 5.00. The van der Waals surface area contributed by atoms with E-state index in [0.717, 1.165) is 12.1 Å². The second-order valence-corrected chi connectivity index (χ2v) is 27.1. The van der Waals surface area contributed by atoms with Crippen LogP contribution >= 0.6 is 0 Å². The quantitative estimate of drug-likeness (QED) is 0.0311. The molecule has 9 heterocycles. The molecule has 0 radical (unpaired) electrons. The number of imidazole rings is 4. The average Bonchev–Trinajstić information content (AvgIpc) is 1.60. The fraction of sp³-hybridized carbons (Fsp3) is 0.102. The molecule has 8 bridgehead atoms. The van der Waals surface area contributed by atoms with Crippen LogP contribution < -0.4 is 26.0 Å². The van der Waals surface area contributed by atoms with Gasteiger partial charge in [0, 0.05) is 128 Å². The number of rotatable bonds is 22. The van der Waals surface area contributed by atoms with E-state index in [1.807, 2.05) is 158 Å². The van der Waals surface area contributed by atoms with Gasteiger partial charge in [-0.2, -0.15) is 13.2 Å². The van der Waals surface area contributed by atoms with E-state index in [0.29, 0.717) is 182 Å². The number of H-pyrrole nitrogens is 2. The molecule has 0 saturated carbocycles. The number of aryl methyl sites for hydroxylation is 3. The number of fused-ring (bicyclic) bond motifs is 8. The molecular formula is C88H69F3N16O7. The fourth-order valence-electron chi connectivity index (χ4n) is 14.4. The van der Waals surface area contributed by atoms with Gasteiger partial charge < -0.3 is 54.8 Å². The van der Waals surface area contributed by atoms with Crippen LogP contribution in [0.2, 0.25) is 0 Å². The minimum atomic E-state index is -4.51. The third-order valence-corrected chi connectivity index (χ3v) is 19.8. The molecule has 564 valence electrons. The molecule has 14 aromatic rings. The number of halogens is 3. The zero-order valence-corrected chi connectivity index (χ0v) is 61.4. The van der Waals surface area contributed by atoms with Crippen LogP contribution in [0.1, 0.15) is 101 Å². The molecule has 0 fully saturated rings. The number of unbranched alkanes of at least 4 members (excludes halogenated alkanes) is 1. The highest BCUT2D eigenvalue weighted by Crippen LogP contribution is 2.44. The molecular weight excluding hydrogens is 1450 g/mol. The maximum Gasteiger partial charge on any atom is 0.416 e. The lowest BCUT2D eigenvalue weighted by atomic mass is 10.0. The van der Waals surface area contributed by atoms with Crippen LogP contribution in [-0.4, -0.2) is 100.0 Å². The number of nitrogens with zero attached hydrogens (tertiary/aromatic N) is 10. The van der Waals surface area contributed by atoms with Crippen LogP contribution in [0, 0.1) is 0 Å². The molecule has 4 amide bonds. The van der Waals surface area contributed by atoms with Crippen molar-refractivity contribution in [2.75, 3.05) is 28.4 Å². The zero-order chi connectivity index (χ0) is 78.7. The van der Waals surface area contributed by atoms with Gasteiger partial charge in [-0.1, -0.05) is 109 Å². The number of carboxylic acid groups (broad SMARTS) is 1. The minimum absolute atomic E-state index is 0.0369. The summed E-state index contributed by atoms with van der Waals surface area (Å²) in [6.07, 6.45) is 14.9. The summed E-state index contributed by atoms with van der Waals surface area (Å²) in [6, 6.07) is 56.3. The molecule has 2 aliphatic rings. The van der Waals surface area contributed by atoms with Crippen molar-refractivity contribution < 1.29 is 47.0 Å². The molecule has 0 saturated heterocycles. The van der Waals surface area contributed by atoms with E-state index < -0.39 is 41.3 Å². The molecule has 16 rings (SSSR count). The Hall–Kier alpha value is -15.1. The topological polar surface area (TPSA) is 292 Å². The summed E-state index contributed by atoms with van der Waals surface area (Å²) >= 11 is 0. The number of hydrogen-bond donors (Lipinski definition) is 7. The molecule has 0 unspecified atom stereocenters. The van der Waals surface area contributed by atoms with Crippen LogP contribution in [0.4, 0.5) is 35.9 Å². The Morgan fingerprint density at radius 1 is 0.482 bits per heavy atom. The summed E-state index contributed by atoms with van der Waals surface area (Å²) < 4.78 is 53.5. The van der Waals surface area contributed by atoms with Crippen molar-refractivity contribution in [3.8, 4) is 67.2 Å². The van der Waals surface area contributed by atoms with E-state index in [2.05, 4.69) is 46.2 Å². The number of para-hydroxylation sites is 6. The van der Waals surface area contributed by atoms with E-state index in [-0.39, 0.29) is 18.7 Å². The van der Waals surface area contributed by atoms with Gasteiger partial charge in [0.25, 0.3) is 23.6 Å². The first-order chi connectivity index (χ1) is 55.4. The third kappa shape index (κ3) is 14.7. The first-order valence-electron chi connectivity index (χ1n) is 36.3. The van der Waals surface area contributed by atoms with Crippen LogP contribution in [0.3, 0.4) is 0 Å². The lowest BCUT2D eigenvalue weighted by Gasteiger charge is -2.16. The molecule has 26 heteroatoms. The predicted octanol–water partition coefficient (Wildman–Crippen LogP) is 17.7. The van der Waals surface area contributed by atoms with Crippen LogP contribution in [0.5, 0.6) is 5.75 Å². The molecule has 7 aromatic heterocycles. The first-order valence-corrected chi connectivity index (χ1v) is 36.3. The number of carbonyl (C=O) groups is 5. The van der Waals surface area contributed by atoms with Gasteiger partial charge in [0.2, 0.25) is 0 Å². The molecule has 23 nitrogen and oxygen atoms in total.